The Hall–Kier alpha value is -3.10. The van der Waals surface area contributed by atoms with E-state index in [9.17, 15) is 10.1 Å². The molecule has 0 radical (unpaired) electrons. The lowest BCUT2D eigenvalue weighted by molar-refractivity contribution is -0.115. The highest BCUT2D eigenvalue weighted by Gasteiger charge is 2.10. The van der Waals surface area contributed by atoms with E-state index in [-0.39, 0.29) is 5.91 Å². The van der Waals surface area contributed by atoms with Gasteiger partial charge < -0.3 is 5.32 Å². The van der Waals surface area contributed by atoms with Crippen LogP contribution in [0.3, 0.4) is 0 Å². The number of amides is 1. The van der Waals surface area contributed by atoms with E-state index < -0.39 is 0 Å². The number of benzene rings is 2. The second-order valence-corrected chi connectivity index (χ2v) is 7.58. The molecule has 5 heteroatoms. The number of carbonyl (C=O) groups excluding carboxylic acids is 1. The van der Waals surface area contributed by atoms with E-state index in [0.717, 1.165) is 22.5 Å². The number of hydrogen-bond donors (Lipinski definition) is 1. The minimum Gasteiger partial charge on any atom is -0.326 e. The van der Waals surface area contributed by atoms with Crippen molar-refractivity contribution in [1.82, 2.24) is 4.98 Å². The Bertz CT molecular complexity index is 1030. The summed E-state index contributed by atoms with van der Waals surface area (Å²) in [5, 5.41) is 13.0. The quantitative estimate of drug-likeness (QED) is 0.578. The van der Waals surface area contributed by atoms with Gasteiger partial charge in [0.15, 0.2) is 0 Å². The third-order valence-corrected chi connectivity index (χ3v) is 5.27. The van der Waals surface area contributed by atoms with Crippen molar-refractivity contribution in [3.8, 4) is 17.3 Å². The standard InChI is InChI=1S/C23H21N3OS/c1-16-8-10-20(17(2)14-16)25-22(27)12-13-28-23-19(15-24)9-11-21(26-23)18-6-4-3-5-7-18/h3-11,14H,12-13H2,1-2H3,(H,25,27). The molecular formula is C23H21N3OS. The van der Waals surface area contributed by atoms with E-state index >= 15 is 0 Å². The zero-order valence-corrected chi connectivity index (χ0v) is 16.7. The predicted octanol–water partition coefficient (Wildman–Crippen LogP) is 5.36. The minimum atomic E-state index is -0.0443. The van der Waals surface area contributed by atoms with Crippen molar-refractivity contribution in [2.24, 2.45) is 0 Å². The maximum Gasteiger partial charge on any atom is 0.225 e. The number of carbonyl (C=O) groups is 1. The average Bonchev–Trinajstić information content (AvgIpc) is 2.71. The molecule has 1 N–H and O–H groups in total. The van der Waals surface area contributed by atoms with Crippen LogP contribution in [0.25, 0.3) is 11.3 Å². The number of nitrogens with one attached hydrogen (secondary N) is 1. The Morgan fingerprint density at radius 1 is 1.11 bits per heavy atom. The summed E-state index contributed by atoms with van der Waals surface area (Å²) in [4.78, 5) is 16.9. The molecular weight excluding hydrogens is 366 g/mol. The fraction of sp³-hybridized carbons (Fsp3) is 0.174. The molecule has 28 heavy (non-hydrogen) atoms. The first-order valence-electron chi connectivity index (χ1n) is 9.03. The minimum absolute atomic E-state index is 0.0443. The first-order chi connectivity index (χ1) is 13.6. The Morgan fingerprint density at radius 3 is 2.61 bits per heavy atom. The third kappa shape index (κ3) is 4.99. The van der Waals surface area contributed by atoms with Gasteiger partial charge in [-0.2, -0.15) is 5.26 Å². The molecule has 0 aliphatic carbocycles. The summed E-state index contributed by atoms with van der Waals surface area (Å²) < 4.78 is 0. The normalized spacial score (nSPS) is 10.3. The van der Waals surface area contributed by atoms with E-state index in [2.05, 4.69) is 16.4 Å². The van der Waals surface area contributed by atoms with E-state index in [1.54, 1.807) is 6.07 Å². The Kier molecular flexibility index (Phi) is 6.46. The molecule has 0 aliphatic heterocycles. The van der Waals surface area contributed by atoms with Crippen LogP contribution in [0.4, 0.5) is 5.69 Å². The van der Waals surface area contributed by atoms with Gasteiger partial charge in [-0.3, -0.25) is 4.79 Å². The van der Waals surface area contributed by atoms with Gasteiger partial charge >= 0.3 is 0 Å². The van der Waals surface area contributed by atoms with E-state index in [0.29, 0.717) is 22.8 Å². The molecule has 4 nitrogen and oxygen atoms in total. The van der Waals surface area contributed by atoms with Gasteiger partial charge in [-0.25, -0.2) is 4.98 Å². The number of anilines is 1. The van der Waals surface area contributed by atoms with Crippen LogP contribution in [0.15, 0.2) is 65.7 Å². The lowest BCUT2D eigenvalue weighted by atomic mass is 10.1. The van der Waals surface area contributed by atoms with Crippen LogP contribution in [0.1, 0.15) is 23.1 Å². The lowest BCUT2D eigenvalue weighted by Crippen LogP contribution is -2.13. The highest BCUT2D eigenvalue weighted by atomic mass is 32.2. The van der Waals surface area contributed by atoms with Crippen molar-refractivity contribution in [1.29, 1.82) is 5.26 Å². The number of rotatable bonds is 6. The van der Waals surface area contributed by atoms with E-state index in [1.807, 2.05) is 68.4 Å². The van der Waals surface area contributed by atoms with Gasteiger partial charge in [0.1, 0.15) is 11.1 Å². The number of hydrogen-bond acceptors (Lipinski definition) is 4. The highest BCUT2D eigenvalue weighted by molar-refractivity contribution is 7.99. The van der Waals surface area contributed by atoms with Crippen molar-refractivity contribution < 1.29 is 4.79 Å². The van der Waals surface area contributed by atoms with Crippen LogP contribution in [-0.2, 0) is 4.79 Å². The number of pyridine rings is 1. The maximum atomic E-state index is 12.3. The van der Waals surface area contributed by atoms with Gasteiger partial charge in [-0.15, -0.1) is 11.8 Å². The zero-order valence-electron chi connectivity index (χ0n) is 15.9. The maximum absolute atomic E-state index is 12.3. The van der Waals surface area contributed by atoms with Gasteiger partial charge in [0.25, 0.3) is 0 Å². The third-order valence-electron chi connectivity index (χ3n) is 4.27. The molecule has 0 spiro atoms. The molecule has 1 amide bonds. The number of thioether (sulfide) groups is 1. The molecule has 0 atom stereocenters. The summed E-state index contributed by atoms with van der Waals surface area (Å²) in [6.45, 7) is 4.01. The van der Waals surface area contributed by atoms with Crippen molar-refractivity contribution in [2.75, 3.05) is 11.1 Å². The summed E-state index contributed by atoms with van der Waals surface area (Å²) in [6.07, 6.45) is 0.347. The molecule has 0 saturated heterocycles. The summed E-state index contributed by atoms with van der Waals surface area (Å²) >= 11 is 1.43. The van der Waals surface area contributed by atoms with Crippen LogP contribution in [0, 0.1) is 25.2 Å². The van der Waals surface area contributed by atoms with Crippen molar-refractivity contribution in [2.45, 2.75) is 25.3 Å². The topological polar surface area (TPSA) is 65.8 Å². The molecule has 2 aromatic carbocycles. The summed E-state index contributed by atoms with van der Waals surface area (Å²) in [6, 6.07) is 21.6. The van der Waals surface area contributed by atoms with Gasteiger partial charge in [0.2, 0.25) is 5.91 Å². The molecule has 140 valence electrons. The second kappa shape index (κ2) is 9.20. The van der Waals surface area contributed by atoms with Gasteiger partial charge in [-0.05, 0) is 37.6 Å². The summed E-state index contributed by atoms with van der Waals surface area (Å²) in [7, 11) is 0. The Balaban J connectivity index is 1.63. The lowest BCUT2D eigenvalue weighted by Gasteiger charge is -2.10. The van der Waals surface area contributed by atoms with Crippen molar-refractivity contribution in [3.05, 3.63) is 77.4 Å². The number of nitrogens with zero attached hydrogens (tertiary/aromatic N) is 2. The molecule has 1 aromatic heterocycles. The second-order valence-electron chi connectivity index (χ2n) is 6.49. The van der Waals surface area contributed by atoms with Crippen molar-refractivity contribution in [3.63, 3.8) is 0 Å². The van der Waals surface area contributed by atoms with Gasteiger partial charge in [-0.1, -0.05) is 48.0 Å². The molecule has 0 unspecified atom stereocenters. The van der Waals surface area contributed by atoms with Gasteiger partial charge in [0, 0.05) is 23.4 Å². The van der Waals surface area contributed by atoms with Crippen LogP contribution >= 0.6 is 11.8 Å². The highest BCUT2D eigenvalue weighted by Crippen LogP contribution is 2.26. The predicted molar refractivity (Wildman–Crippen MR) is 114 cm³/mol. The van der Waals surface area contributed by atoms with Crippen LogP contribution in [0.5, 0.6) is 0 Å². The van der Waals surface area contributed by atoms with Crippen molar-refractivity contribution >= 4 is 23.4 Å². The summed E-state index contributed by atoms with van der Waals surface area (Å²) in [5.41, 5.74) is 5.40. The molecule has 1 heterocycles. The molecule has 3 rings (SSSR count). The molecule has 3 aromatic rings. The van der Waals surface area contributed by atoms with Crippen LogP contribution < -0.4 is 5.32 Å². The first kappa shape index (κ1) is 19.7. The SMILES string of the molecule is Cc1ccc(NC(=O)CCSc2nc(-c3ccccc3)ccc2C#N)c(C)c1. The van der Waals surface area contributed by atoms with Gasteiger partial charge in [0.05, 0.1) is 11.3 Å². The molecule has 0 fully saturated rings. The smallest absolute Gasteiger partial charge is 0.225 e. The largest absolute Gasteiger partial charge is 0.326 e. The molecule has 0 bridgehead atoms. The average molecular weight is 388 g/mol. The van der Waals surface area contributed by atoms with Crippen LogP contribution in [0.2, 0.25) is 0 Å². The monoisotopic (exact) mass is 387 g/mol. The molecule has 0 saturated carbocycles. The van der Waals surface area contributed by atoms with E-state index in [4.69, 9.17) is 0 Å². The number of aromatic nitrogens is 1. The number of aryl methyl sites for hydroxylation is 2. The zero-order chi connectivity index (χ0) is 19.9. The fourth-order valence-electron chi connectivity index (χ4n) is 2.81. The summed E-state index contributed by atoms with van der Waals surface area (Å²) in [5.74, 6) is 0.508. The number of nitriles is 1. The Morgan fingerprint density at radius 2 is 1.89 bits per heavy atom. The molecule has 0 aliphatic rings. The first-order valence-corrected chi connectivity index (χ1v) is 10.0. The fourth-order valence-corrected chi connectivity index (χ4v) is 3.73. The van der Waals surface area contributed by atoms with E-state index in [1.165, 1.54) is 17.3 Å². The Labute approximate surface area is 169 Å². The van der Waals surface area contributed by atoms with Crippen LogP contribution in [-0.4, -0.2) is 16.6 Å².